The number of nitrogens with one attached hydrogen (secondary N) is 4. The van der Waals surface area contributed by atoms with Crippen molar-refractivity contribution in [3.63, 3.8) is 0 Å². The molecule has 0 aliphatic carbocycles. The zero-order chi connectivity index (χ0) is 18.8. The normalized spacial score (nSPS) is 19.8. The van der Waals surface area contributed by atoms with E-state index in [4.69, 9.17) is 23.2 Å². The summed E-state index contributed by atoms with van der Waals surface area (Å²) in [5.74, 6) is -0.214. The predicted molar refractivity (Wildman–Crippen MR) is 108 cm³/mol. The van der Waals surface area contributed by atoms with Crippen molar-refractivity contribution < 1.29 is 4.79 Å². The first-order chi connectivity index (χ1) is 13.1. The molecule has 0 bridgehead atoms. The fraction of sp³-hybridized carbons (Fsp3) is 0.158. The van der Waals surface area contributed by atoms with Gasteiger partial charge < -0.3 is 4.98 Å². The second kappa shape index (κ2) is 7.70. The molecule has 2 atom stereocenters. The number of hydrazone groups is 1. The Kier molecular flexibility index (Phi) is 5.13. The van der Waals surface area contributed by atoms with Gasteiger partial charge in [-0.1, -0.05) is 41.4 Å². The maximum atomic E-state index is 12.4. The molecule has 0 spiro atoms. The van der Waals surface area contributed by atoms with Gasteiger partial charge in [0.15, 0.2) is 0 Å². The van der Waals surface area contributed by atoms with Crippen molar-refractivity contribution in [3.8, 4) is 0 Å². The maximum absolute atomic E-state index is 12.4. The first-order valence-electron chi connectivity index (χ1n) is 8.46. The molecular weight excluding hydrogens is 385 g/mol. The van der Waals surface area contributed by atoms with Crippen LogP contribution in [0.1, 0.15) is 23.6 Å². The van der Waals surface area contributed by atoms with Gasteiger partial charge in [0, 0.05) is 38.8 Å². The van der Waals surface area contributed by atoms with E-state index in [2.05, 4.69) is 26.4 Å². The van der Waals surface area contributed by atoms with Gasteiger partial charge in [0.2, 0.25) is 0 Å². The molecule has 4 rings (SSSR count). The van der Waals surface area contributed by atoms with Crippen LogP contribution in [-0.4, -0.2) is 23.1 Å². The molecule has 2 heterocycles. The molecule has 2 unspecified atom stereocenters. The summed E-state index contributed by atoms with van der Waals surface area (Å²) in [6.45, 7) is 0. The Hall–Kier alpha value is -2.38. The highest BCUT2D eigenvalue weighted by Gasteiger charge is 2.30. The number of benzene rings is 2. The van der Waals surface area contributed by atoms with Crippen LogP contribution < -0.4 is 16.3 Å². The topological polar surface area (TPSA) is 81.3 Å². The van der Waals surface area contributed by atoms with Crippen LogP contribution in [0.5, 0.6) is 0 Å². The molecule has 8 heteroatoms. The number of hydrogen-bond donors (Lipinski definition) is 4. The number of nitrogens with zero attached hydrogens (tertiary/aromatic N) is 1. The summed E-state index contributed by atoms with van der Waals surface area (Å²) in [7, 11) is 0. The van der Waals surface area contributed by atoms with Crippen LogP contribution in [0.2, 0.25) is 10.0 Å². The van der Waals surface area contributed by atoms with Crippen LogP contribution >= 0.6 is 23.2 Å². The van der Waals surface area contributed by atoms with Gasteiger partial charge in [-0.3, -0.25) is 4.79 Å². The van der Waals surface area contributed by atoms with Crippen molar-refractivity contribution in [3.05, 3.63) is 69.8 Å². The summed E-state index contributed by atoms with van der Waals surface area (Å²) in [5, 5.41) is 6.26. The molecule has 4 N–H and O–H groups in total. The third kappa shape index (κ3) is 3.99. The predicted octanol–water partition coefficient (Wildman–Crippen LogP) is 3.53. The molecular formula is C19H17Cl2N5O. The summed E-state index contributed by atoms with van der Waals surface area (Å²) in [4.78, 5) is 15.5. The second-order valence-electron chi connectivity index (χ2n) is 6.36. The summed E-state index contributed by atoms with van der Waals surface area (Å²) < 4.78 is 0. The lowest BCUT2D eigenvalue weighted by Crippen LogP contribution is -2.41. The van der Waals surface area contributed by atoms with Crippen LogP contribution in [0.25, 0.3) is 10.9 Å². The Bertz CT molecular complexity index is 996. The number of para-hydroxylation sites is 1. The van der Waals surface area contributed by atoms with Gasteiger partial charge in [0.05, 0.1) is 6.21 Å². The van der Waals surface area contributed by atoms with Crippen LogP contribution in [0, 0.1) is 0 Å². The molecule has 3 aromatic rings. The quantitative estimate of drug-likeness (QED) is 0.398. The van der Waals surface area contributed by atoms with Crippen molar-refractivity contribution >= 4 is 46.2 Å². The number of aromatic amines is 1. The molecule has 1 aromatic heterocycles. The Morgan fingerprint density at radius 1 is 1.15 bits per heavy atom. The van der Waals surface area contributed by atoms with Crippen molar-refractivity contribution in [2.24, 2.45) is 5.10 Å². The van der Waals surface area contributed by atoms with E-state index in [1.807, 2.05) is 42.6 Å². The number of carbonyl (C=O) groups is 1. The zero-order valence-electron chi connectivity index (χ0n) is 14.2. The Balaban J connectivity index is 1.38. The molecule has 6 nitrogen and oxygen atoms in total. The van der Waals surface area contributed by atoms with Gasteiger partial charge >= 0.3 is 0 Å². The van der Waals surface area contributed by atoms with Crippen molar-refractivity contribution in [1.82, 2.24) is 21.3 Å². The monoisotopic (exact) mass is 401 g/mol. The van der Waals surface area contributed by atoms with E-state index in [-0.39, 0.29) is 11.9 Å². The number of hydrogen-bond acceptors (Lipinski definition) is 4. The van der Waals surface area contributed by atoms with Gasteiger partial charge in [-0.25, -0.2) is 16.3 Å². The Morgan fingerprint density at radius 3 is 2.74 bits per heavy atom. The molecule has 1 aliphatic heterocycles. The number of aromatic nitrogens is 1. The van der Waals surface area contributed by atoms with E-state index < -0.39 is 6.04 Å². The third-order valence-corrected chi connectivity index (χ3v) is 4.94. The Labute approximate surface area is 165 Å². The standard InChI is InChI=1S/C19H17Cl2N5O/c20-13-5-11(6-14(21)7-13)17-8-18(25-24-17)19(27)26-23-10-12-9-22-16-4-2-1-3-15(12)16/h1-7,9-10,17-18,22,24-25H,8H2,(H,26,27)/b23-10+. The highest BCUT2D eigenvalue weighted by molar-refractivity contribution is 6.34. The van der Waals surface area contributed by atoms with E-state index in [0.29, 0.717) is 16.5 Å². The highest BCUT2D eigenvalue weighted by atomic mass is 35.5. The molecule has 2 aromatic carbocycles. The van der Waals surface area contributed by atoms with Gasteiger partial charge in [0.1, 0.15) is 6.04 Å². The second-order valence-corrected chi connectivity index (χ2v) is 7.23. The minimum atomic E-state index is -0.409. The highest BCUT2D eigenvalue weighted by Crippen LogP contribution is 2.28. The van der Waals surface area contributed by atoms with Gasteiger partial charge in [-0.15, -0.1) is 0 Å². The fourth-order valence-electron chi connectivity index (χ4n) is 3.17. The molecule has 1 amide bonds. The van der Waals surface area contributed by atoms with Crippen LogP contribution in [-0.2, 0) is 4.79 Å². The minimum Gasteiger partial charge on any atom is -0.361 e. The average Bonchev–Trinajstić information content (AvgIpc) is 3.28. The van der Waals surface area contributed by atoms with Crippen LogP contribution in [0.3, 0.4) is 0 Å². The minimum absolute atomic E-state index is 0.0606. The number of rotatable bonds is 4. The first-order valence-corrected chi connectivity index (χ1v) is 9.22. The van der Waals surface area contributed by atoms with E-state index >= 15 is 0 Å². The number of halogens is 2. The molecule has 0 radical (unpaired) electrons. The summed E-state index contributed by atoms with van der Waals surface area (Å²) in [6, 6.07) is 12.8. The number of hydrazine groups is 1. The van der Waals surface area contributed by atoms with Crippen molar-refractivity contribution in [1.29, 1.82) is 0 Å². The smallest absolute Gasteiger partial charge is 0.258 e. The summed E-state index contributed by atoms with van der Waals surface area (Å²) in [5.41, 5.74) is 11.5. The van der Waals surface area contributed by atoms with Gasteiger partial charge in [0.25, 0.3) is 5.91 Å². The van der Waals surface area contributed by atoms with E-state index in [1.54, 1.807) is 12.3 Å². The van der Waals surface area contributed by atoms with Crippen LogP contribution in [0.4, 0.5) is 0 Å². The van der Waals surface area contributed by atoms with E-state index in [9.17, 15) is 4.79 Å². The summed E-state index contributed by atoms with van der Waals surface area (Å²) in [6.07, 6.45) is 4.05. The van der Waals surface area contributed by atoms with Gasteiger partial charge in [-0.05, 0) is 36.2 Å². The van der Waals surface area contributed by atoms with Crippen molar-refractivity contribution in [2.75, 3.05) is 0 Å². The average molecular weight is 402 g/mol. The summed E-state index contributed by atoms with van der Waals surface area (Å²) >= 11 is 12.1. The molecule has 27 heavy (non-hydrogen) atoms. The van der Waals surface area contributed by atoms with E-state index in [0.717, 1.165) is 22.0 Å². The molecule has 1 aliphatic rings. The molecule has 1 saturated heterocycles. The SMILES string of the molecule is O=C(N/N=C/c1c[nH]c2ccccc12)C1CC(c2cc(Cl)cc(Cl)c2)NN1. The lowest BCUT2D eigenvalue weighted by molar-refractivity contribution is -0.122. The van der Waals surface area contributed by atoms with Gasteiger partial charge in [-0.2, -0.15) is 5.10 Å². The largest absolute Gasteiger partial charge is 0.361 e. The fourth-order valence-corrected chi connectivity index (χ4v) is 3.71. The molecule has 0 saturated carbocycles. The lowest BCUT2D eigenvalue weighted by atomic mass is 10.0. The number of carbonyl (C=O) groups excluding carboxylic acids is 1. The number of H-pyrrole nitrogens is 1. The van der Waals surface area contributed by atoms with E-state index in [1.165, 1.54) is 0 Å². The third-order valence-electron chi connectivity index (χ3n) is 4.51. The first kappa shape index (κ1) is 18.0. The molecule has 138 valence electrons. The maximum Gasteiger partial charge on any atom is 0.258 e. The molecule has 1 fully saturated rings. The lowest BCUT2D eigenvalue weighted by Gasteiger charge is -2.10. The number of fused-ring (bicyclic) bond motifs is 1. The Morgan fingerprint density at radius 2 is 1.93 bits per heavy atom. The zero-order valence-corrected chi connectivity index (χ0v) is 15.7. The van der Waals surface area contributed by atoms with Crippen LogP contribution in [0.15, 0.2) is 53.8 Å². The number of amides is 1. The van der Waals surface area contributed by atoms with Crippen molar-refractivity contribution in [2.45, 2.75) is 18.5 Å².